The molecule has 0 spiro atoms. The summed E-state index contributed by atoms with van der Waals surface area (Å²) >= 11 is 7.45. The Balaban J connectivity index is 2.17. The smallest absolute Gasteiger partial charge is 0.120 e. The molecule has 0 N–H and O–H groups in total. The maximum absolute atomic E-state index is 5.64. The molecule has 1 fully saturated rings. The van der Waals surface area contributed by atoms with Crippen LogP contribution in [0.5, 0.6) is 5.75 Å². The molecule has 3 unspecified atom stereocenters. The average molecular weight is 378 g/mol. The molecule has 1 heterocycles. The van der Waals surface area contributed by atoms with Crippen LogP contribution in [0.25, 0.3) is 0 Å². The predicted octanol–water partition coefficient (Wildman–Crippen LogP) is 4.71. The first-order valence-electron chi connectivity index (χ1n) is 6.31. The maximum atomic E-state index is 5.64. The molecule has 1 aromatic rings. The molecule has 0 aliphatic carbocycles. The second-order valence-corrected chi connectivity index (χ2v) is 6.39. The van der Waals surface area contributed by atoms with E-state index >= 15 is 0 Å². The van der Waals surface area contributed by atoms with E-state index in [0.29, 0.717) is 23.5 Å². The molecule has 2 nitrogen and oxygen atoms in total. The minimum Gasteiger partial charge on any atom is -0.494 e. The van der Waals surface area contributed by atoms with E-state index in [2.05, 4.69) is 44.8 Å². The molecular formula is C14H18Br2O2. The summed E-state index contributed by atoms with van der Waals surface area (Å²) in [5.74, 6) is 1.43. The van der Waals surface area contributed by atoms with Crippen molar-refractivity contribution in [2.45, 2.75) is 31.2 Å². The Hall–Kier alpha value is -0.0600. The molecular weight excluding hydrogens is 360 g/mol. The van der Waals surface area contributed by atoms with E-state index in [4.69, 9.17) is 9.47 Å². The Bertz CT molecular complexity index is 409. The largest absolute Gasteiger partial charge is 0.494 e. The lowest BCUT2D eigenvalue weighted by Gasteiger charge is -2.22. The Labute approximate surface area is 125 Å². The van der Waals surface area contributed by atoms with Gasteiger partial charge in [-0.15, -0.1) is 0 Å². The summed E-state index contributed by atoms with van der Waals surface area (Å²) in [6, 6.07) is 6.19. The number of hydrogen-bond acceptors (Lipinski definition) is 2. The van der Waals surface area contributed by atoms with Crippen LogP contribution in [0.4, 0.5) is 0 Å². The predicted molar refractivity (Wildman–Crippen MR) is 80.5 cm³/mol. The molecule has 0 saturated carbocycles. The van der Waals surface area contributed by atoms with Gasteiger partial charge in [-0.1, -0.05) is 37.9 Å². The zero-order chi connectivity index (χ0) is 13.1. The molecule has 1 aliphatic heterocycles. The highest BCUT2D eigenvalue weighted by Gasteiger charge is 2.32. The summed E-state index contributed by atoms with van der Waals surface area (Å²) < 4.78 is 12.2. The first kappa shape index (κ1) is 14.4. The van der Waals surface area contributed by atoms with Crippen LogP contribution < -0.4 is 4.74 Å². The van der Waals surface area contributed by atoms with Crippen molar-refractivity contribution in [2.75, 3.05) is 13.2 Å². The van der Waals surface area contributed by atoms with Crippen LogP contribution in [0.15, 0.2) is 22.7 Å². The number of hydrogen-bond donors (Lipinski definition) is 0. The number of benzene rings is 1. The summed E-state index contributed by atoms with van der Waals surface area (Å²) in [6.07, 6.45) is 1.42. The number of halogens is 2. The summed E-state index contributed by atoms with van der Waals surface area (Å²) in [4.78, 5) is 0.319. The van der Waals surface area contributed by atoms with E-state index in [1.807, 2.05) is 19.1 Å². The fraction of sp³-hybridized carbons (Fsp3) is 0.571. The minimum atomic E-state index is 0.313. The van der Waals surface area contributed by atoms with E-state index in [-0.39, 0.29) is 0 Å². The lowest BCUT2D eigenvalue weighted by Crippen LogP contribution is -2.16. The number of alkyl halides is 1. The van der Waals surface area contributed by atoms with Crippen LogP contribution in [0.2, 0.25) is 0 Å². The lowest BCUT2D eigenvalue weighted by atomic mass is 9.94. The van der Waals surface area contributed by atoms with Crippen LogP contribution in [-0.4, -0.2) is 19.3 Å². The van der Waals surface area contributed by atoms with Crippen LogP contribution in [0, 0.1) is 5.92 Å². The van der Waals surface area contributed by atoms with Gasteiger partial charge in [0.1, 0.15) is 5.75 Å². The molecule has 100 valence electrons. The van der Waals surface area contributed by atoms with Crippen molar-refractivity contribution in [1.29, 1.82) is 0 Å². The van der Waals surface area contributed by atoms with Crippen LogP contribution >= 0.6 is 31.9 Å². The zero-order valence-corrected chi connectivity index (χ0v) is 13.8. The molecule has 0 radical (unpaired) electrons. The highest BCUT2D eigenvalue weighted by Crippen LogP contribution is 2.42. The second kappa shape index (κ2) is 6.40. The van der Waals surface area contributed by atoms with Gasteiger partial charge in [0.25, 0.3) is 0 Å². The minimum absolute atomic E-state index is 0.313. The van der Waals surface area contributed by atoms with E-state index in [1.165, 1.54) is 5.56 Å². The van der Waals surface area contributed by atoms with Crippen molar-refractivity contribution < 1.29 is 9.47 Å². The Morgan fingerprint density at radius 2 is 2.28 bits per heavy atom. The van der Waals surface area contributed by atoms with Gasteiger partial charge < -0.3 is 9.47 Å². The van der Waals surface area contributed by atoms with Crippen molar-refractivity contribution in [1.82, 2.24) is 0 Å². The fourth-order valence-electron chi connectivity index (χ4n) is 2.35. The van der Waals surface area contributed by atoms with Gasteiger partial charge in [-0.25, -0.2) is 0 Å². The topological polar surface area (TPSA) is 18.5 Å². The van der Waals surface area contributed by atoms with Gasteiger partial charge in [-0.05, 0) is 38.0 Å². The van der Waals surface area contributed by atoms with Crippen LogP contribution in [0.1, 0.15) is 30.7 Å². The van der Waals surface area contributed by atoms with Crippen molar-refractivity contribution >= 4 is 31.9 Å². The second-order valence-electron chi connectivity index (χ2n) is 4.55. The van der Waals surface area contributed by atoms with Crippen molar-refractivity contribution in [3.05, 3.63) is 28.2 Å². The van der Waals surface area contributed by atoms with Crippen molar-refractivity contribution in [3.8, 4) is 5.75 Å². The molecule has 0 aromatic heterocycles. The molecule has 1 aromatic carbocycles. The van der Waals surface area contributed by atoms with Gasteiger partial charge in [0.05, 0.1) is 12.7 Å². The van der Waals surface area contributed by atoms with Crippen LogP contribution in [-0.2, 0) is 4.74 Å². The van der Waals surface area contributed by atoms with Crippen molar-refractivity contribution in [2.24, 2.45) is 5.92 Å². The third-order valence-electron chi connectivity index (χ3n) is 3.39. The molecule has 3 atom stereocenters. The average Bonchev–Trinajstić information content (AvgIpc) is 2.75. The Kier molecular flexibility index (Phi) is 5.10. The fourth-order valence-corrected chi connectivity index (χ4v) is 4.36. The summed E-state index contributed by atoms with van der Waals surface area (Å²) in [7, 11) is 0. The summed E-state index contributed by atoms with van der Waals surface area (Å²) in [6.45, 7) is 5.70. The molecule has 4 heteroatoms. The Morgan fingerprint density at radius 1 is 1.50 bits per heavy atom. The first-order chi connectivity index (χ1) is 8.63. The monoisotopic (exact) mass is 376 g/mol. The van der Waals surface area contributed by atoms with Gasteiger partial charge >= 0.3 is 0 Å². The molecule has 2 rings (SSSR count). The standard InChI is InChI=1S/C14H18Br2O2/c1-3-17-10-4-5-12(13(15)8-10)14(16)11-6-7-18-9(11)2/h4-5,8-9,11,14H,3,6-7H2,1-2H3. The lowest BCUT2D eigenvalue weighted by molar-refractivity contribution is 0.105. The quantitative estimate of drug-likeness (QED) is 0.707. The molecule has 18 heavy (non-hydrogen) atoms. The van der Waals surface area contributed by atoms with Gasteiger partial charge in [-0.2, -0.15) is 0 Å². The van der Waals surface area contributed by atoms with E-state index in [1.54, 1.807) is 0 Å². The highest BCUT2D eigenvalue weighted by atomic mass is 79.9. The SMILES string of the molecule is CCOc1ccc(C(Br)C2CCOC2C)c(Br)c1. The third kappa shape index (κ3) is 3.09. The number of ether oxygens (including phenoxy) is 2. The van der Waals surface area contributed by atoms with E-state index in [9.17, 15) is 0 Å². The summed E-state index contributed by atoms with van der Waals surface area (Å²) in [5.41, 5.74) is 1.26. The van der Waals surface area contributed by atoms with Gasteiger partial charge in [0.2, 0.25) is 0 Å². The van der Waals surface area contributed by atoms with Gasteiger partial charge in [0.15, 0.2) is 0 Å². The maximum Gasteiger partial charge on any atom is 0.120 e. The molecule has 0 bridgehead atoms. The molecule has 0 amide bonds. The van der Waals surface area contributed by atoms with Gasteiger partial charge in [-0.3, -0.25) is 0 Å². The first-order valence-corrected chi connectivity index (χ1v) is 8.02. The Morgan fingerprint density at radius 3 is 2.83 bits per heavy atom. The third-order valence-corrected chi connectivity index (χ3v) is 5.25. The normalized spacial score (nSPS) is 25.1. The summed E-state index contributed by atoms with van der Waals surface area (Å²) in [5, 5.41) is 0. The molecule has 1 aliphatic rings. The van der Waals surface area contributed by atoms with E-state index in [0.717, 1.165) is 23.2 Å². The molecule has 1 saturated heterocycles. The van der Waals surface area contributed by atoms with Gasteiger partial charge in [0, 0.05) is 21.8 Å². The zero-order valence-electron chi connectivity index (χ0n) is 10.7. The highest BCUT2D eigenvalue weighted by molar-refractivity contribution is 9.11. The van der Waals surface area contributed by atoms with Crippen molar-refractivity contribution in [3.63, 3.8) is 0 Å². The van der Waals surface area contributed by atoms with Crippen LogP contribution in [0.3, 0.4) is 0 Å². The van der Waals surface area contributed by atoms with E-state index < -0.39 is 0 Å². The number of rotatable bonds is 4.